The highest BCUT2D eigenvalue weighted by Gasteiger charge is 2.10. The maximum Gasteiger partial charge on any atom is 0.343 e. The van der Waals surface area contributed by atoms with Crippen molar-refractivity contribution in [1.82, 2.24) is 15.2 Å². The van der Waals surface area contributed by atoms with Crippen molar-refractivity contribution >= 4 is 41.3 Å². The molecule has 0 atom stereocenters. The van der Waals surface area contributed by atoms with Gasteiger partial charge < -0.3 is 4.74 Å². The summed E-state index contributed by atoms with van der Waals surface area (Å²) in [5, 5.41) is 9.30. The smallest absolute Gasteiger partial charge is 0.343 e. The number of benzene rings is 3. The fraction of sp³-hybridized carbons (Fsp3) is 0.0769. The Labute approximate surface area is 211 Å². The second-order valence-corrected chi connectivity index (χ2v) is 8.50. The molecule has 176 valence electrons. The third kappa shape index (κ3) is 6.56. The lowest BCUT2D eigenvalue weighted by Gasteiger charge is -2.05. The Morgan fingerprint density at radius 1 is 1.03 bits per heavy atom. The summed E-state index contributed by atoms with van der Waals surface area (Å²) in [6.45, 7) is 2.34. The van der Waals surface area contributed by atoms with E-state index in [1.165, 1.54) is 6.21 Å². The number of hydrazone groups is 1. The van der Waals surface area contributed by atoms with Crippen molar-refractivity contribution in [2.75, 3.05) is 0 Å². The van der Waals surface area contributed by atoms with Crippen LogP contribution < -0.4 is 10.2 Å². The summed E-state index contributed by atoms with van der Waals surface area (Å²) in [7, 11) is 0. The molecule has 1 heterocycles. The van der Waals surface area contributed by atoms with Gasteiger partial charge in [-0.05, 0) is 72.6 Å². The van der Waals surface area contributed by atoms with Crippen LogP contribution in [-0.2, 0) is 6.54 Å². The summed E-state index contributed by atoms with van der Waals surface area (Å²) in [6.07, 6.45) is 3.16. The summed E-state index contributed by atoms with van der Waals surface area (Å²) < 4.78 is 6.98. The van der Waals surface area contributed by atoms with Crippen LogP contribution in [0.2, 0.25) is 10.0 Å². The van der Waals surface area contributed by atoms with Crippen LogP contribution in [0, 0.1) is 6.92 Å². The maximum absolute atomic E-state index is 12.3. The van der Waals surface area contributed by atoms with Gasteiger partial charge in [0, 0.05) is 16.2 Å². The summed E-state index contributed by atoms with van der Waals surface area (Å²) in [5.74, 6) is -0.481. The number of rotatable bonds is 7. The molecule has 0 unspecified atom stereocenters. The Balaban J connectivity index is 1.30. The number of hydrogen-bond acceptors (Lipinski definition) is 5. The lowest BCUT2D eigenvalue weighted by Crippen LogP contribution is -2.18. The van der Waals surface area contributed by atoms with Crippen molar-refractivity contribution in [2.24, 2.45) is 5.10 Å². The third-order valence-corrected chi connectivity index (χ3v) is 5.57. The average molecular weight is 507 g/mol. The van der Waals surface area contributed by atoms with E-state index in [1.807, 2.05) is 25.1 Å². The average Bonchev–Trinajstić information content (AvgIpc) is 3.31. The van der Waals surface area contributed by atoms with Gasteiger partial charge >= 0.3 is 5.97 Å². The van der Waals surface area contributed by atoms with Crippen LogP contribution in [0.3, 0.4) is 0 Å². The number of halogens is 2. The SMILES string of the molecule is Cc1ccc(C(=O)Oc2ccc(/C=N\NC(=O)c3ccn(Cc4ccc(Cl)cc4Cl)n3)cc2)cc1. The van der Waals surface area contributed by atoms with E-state index in [0.717, 1.165) is 11.1 Å². The summed E-state index contributed by atoms with van der Waals surface area (Å²) >= 11 is 12.1. The van der Waals surface area contributed by atoms with Crippen molar-refractivity contribution in [2.45, 2.75) is 13.5 Å². The van der Waals surface area contributed by atoms with Crippen LogP contribution >= 0.6 is 23.2 Å². The zero-order valence-corrected chi connectivity index (χ0v) is 20.1. The molecule has 7 nitrogen and oxygen atoms in total. The monoisotopic (exact) mass is 506 g/mol. The molecule has 4 aromatic rings. The number of nitrogens with one attached hydrogen (secondary N) is 1. The van der Waals surface area contributed by atoms with E-state index in [1.54, 1.807) is 65.5 Å². The van der Waals surface area contributed by atoms with Crippen molar-refractivity contribution in [1.29, 1.82) is 0 Å². The molecule has 35 heavy (non-hydrogen) atoms. The first-order chi connectivity index (χ1) is 16.9. The maximum atomic E-state index is 12.3. The van der Waals surface area contributed by atoms with E-state index < -0.39 is 11.9 Å². The molecule has 0 spiro atoms. The first kappa shape index (κ1) is 24.2. The van der Waals surface area contributed by atoms with Gasteiger partial charge in [-0.1, -0.05) is 47.0 Å². The molecule has 0 radical (unpaired) electrons. The molecule has 9 heteroatoms. The minimum Gasteiger partial charge on any atom is -0.423 e. The number of aryl methyl sites for hydroxylation is 1. The van der Waals surface area contributed by atoms with Gasteiger partial charge in [-0.3, -0.25) is 9.48 Å². The summed E-state index contributed by atoms with van der Waals surface area (Å²) in [4.78, 5) is 24.6. The van der Waals surface area contributed by atoms with Gasteiger partial charge in [0.15, 0.2) is 5.69 Å². The number of amides is 1. The molecular formula is C26H20Cl2N4O3. The van der Waals surface area contributed by atoms with Gasteiger partial charge in [0.05, 0.1) is 18.3 Å². The van der Waals surface area contributed by atoms with Gasteiger partial charge in [0.2, 0.25) is 0 Å². The summed E-state index contributed by atoms with van der Waals surface area (Å²) in [5.41, 5.74) is 5.74. The molecule has 0 bridgehead atoms. The van der Waals surface area contributed by atoms with E-state index in [-0.39, 0.29) is 5.69 Å². The molecule has 3 aromatic carbocycles. The van der Waals surface area contributed by atoms with E-state index in [4.69, 9.17) is 27.9 Å². The standard InChI is InChI=1S/C26H20Cl2N4O3/c1-17-2-6-19(7-3-17)26(34)35-22-10-4-18(5-11-22)15-29-30-25(33)24-12-13-32(31-24)16-20-8-9-21(27)14-23(20)28/h2-15H,16H2,1H3,(H,30,33)/b29-15-. The predicted octanol–water partition coefficient (Wildman–Crippen LogP) is 5.53. The Hall–Kier alpha value is -3.94. The molecule has 0 aliphatic rings. The van der Waals surface area contributed by atoms with E-state index in [9.17, 15) is 9.59 Å². The van der Waals surface area contributed by atoms with Crippen molar-refractivity contribution in [3.8, 4) is 5.75 Å². The first-order valence-corrected chi connectivity index (χ1v) is 11.3. The number of nitrogens with zero attached hydrogens (tertiary/aromatic N) is 3. The molecule has 0 aliphatic carbocycles. The molecular weight excluding hydrogens is 487 g/mol. The van der Waals surface area contributed by atoms with E-state index in [0.29, 0.717) is 33.5 Å². The number of aromatic nitrogens is 2. The lowest BCUT2D eigenvalue weighted by molar-refractivity contribution is 0.0734. The largest absolute Gasteiger partial charge is 0.423 e. The second-order valence-electron chi connectivity index (χ2n) is 7.66. The highest BCUT2D eigenvalue weighted by atomic mass is 35.5. The van der Waals surface area contributed by atoms with Crippen LogP contribution in [0.1, 0.15) is 37.5 Å². The molecule has 0 saturated carbocycles. The van der Waals surface area contributed by atoms with Gasteiger partial charge in [0.25, 0.3) is 5.91 Å². The zero-order chi connectivity index (χ0) is 24.8. The molecule has 1 amide bonds. The van der Waals surface area contributed by atoms with E-state index >= 15 is 0 Å². The molecule has 1 N–H and O–H groups in total. The molecule has 0 aliphatic heterocycles. The van der Waals surface area contributed by atoms with Crippen LogP contribution in [-0.4, -0.2) is 27.9 Å². The predicted molar refractivity (Wildman–Crippen MR) is 135 cm³/mol. The Morgan fingerprint density at radius 2 is 1.77 bits per heavy atom. The van der Waals surface area contributed by atoms with Gasteiger partial charge in [-0.15, -0.1) is 0 Å². The molecule has 1 aromatic heterocycles. The number of esters is 1. The van der Waals surface area contributed by atoms with Crippen LogP contribution in [0.4, 0.5) is 0 Å². The topological polar surface area (TPSA) is 85.6 Å². The van der Waals surface area contributed by atoms with Gasteiger partial charge in [-0.25, -0.2) is 10.2 Å². The minimum absolute atomic E-state index is 0.214. The van der Waals surface area contributed by atoms with Gasteiger partial charge in [0.1, 0.15) is 5.75 Å². The summed E-state index contributed by atoms with van der Waals surface area (Å²) in [6, 6.07) is 20.7. The number of carbonyl (C=O) groups excluding carboxylic acids is 2. The highest BCUT2D eigenvalue weighted by Crippen LogP contribution is 2.21. The fourth-order valence-electron chi connectivity index (χ4n) is 3.10. The van der Waals surface area contributed by atoms with Crippen LogP contribution in [0.15, 0.2) is 84.1 Å². The number of ether oxygens (including phenoxy) is 1. The van der Waals surface area contributed by atoms with Crippen molar-refractivity contribution < 1.29 is 14.3 Å². The highest BCUT2D eigenvalue weighted by molar-refractivity contribution is 6.35. The van der Waals surface area contributed by atoms with Crippen molar-refractivity contribution in [3.05, 3.63) is 117 Å². The van der Waals surface area contributed by atoms with Gasteiger partial charge in [-0.2, -0.15) is 10.2 Å². The Morgan fingerprint density at radius 3 is 2.49 bits per heavy atom. The fourth-order valence-corrected chi connectivity index (χ4v) is 3.56. The lowest BCUT2D eigenvalue weighted by atomic mass is 10.1. The van der Waals surface area contributed by atoms with Crippen LogP contribution in [0.5, 0.6) is 5.75 Å². The Kier molecular flexibility index (Phi) is 7.60. The minimum atomic E-state index is -0.453. The third-order valence-electron chi connectivity index (χ3n) is 4.98. The first-order valence-electron chi connectivity index (χ1n) is 10.6. The number of carbonyl (C=O) groups is 2. The molecule has 0 fully saturated rings. The zero-order valence-electron chi connectivity index (χ0n) is 18.6. The molecule has 4 rings (SSSR count). The quantitative estimate of drug-likeness (QED) is 0.154. The van der Waals surface area contributed by atoms with Crippen LogP contribution in [0.25, 0.3) is 0 Å². The normalized spacial score (nSPS) is 10.9. The van der Waals surface area contributed by atoms with E-state index in [2.05, 4.69) is 15.6 Å². The van der Waals surface area contributed by atoms with Crippen molar-refractivity contribution in [3.63, 3.8) is 0 Å². The second kappa shape index (κ2) is 11.0. The number of hydrogen-bond donors (Lipinski definition) is 1. The Bertz CT molecular complexity index is 1380. The molecule has 0 saturated heterocycles.